The number of pyridine rings is 1. The molecule has 1 aliphatic carbocycles. The van der Waals surface area contributed by atoms with Crippen molar-refractivity contribution in [2.75, 3.05) is 25.5 Å². The second kappa shape index (κ2) is 10.0. The molecule has 0 spiro atoms. The zero-order chi connectivity index (χ0) is 27.7. The van der Waals surface area contributed by atoms with Crippen LogP contribution in [0.5, 0.6) is 0 Å². The molecule has 0 bridgehead atoms. The molecular formula is C25H27F3N6O4. The van der Waals surface area contributed by atoms with E-state index in [4.69, 9.17) is 10.5 Å². The maximum Gasteiger partial charge on any atom is 0.421 e. The van der Waals surface area contributed by atoms with Gasteiger partial charge in [-0.1, -0.05) is 6.07 Å². The zero-order valence-corrected chi connectivity index (χ0v) is 20.6. The lowest BCUT2D eigenvalue weighted by atomic mass is 9.84. The molecular weight excluding hydrogens is 505 g/mol. The van der Waals surface area contributed by atoms with Crippen molar-refractivity contribution < 1.29 is 27.8 Å². The van der Waals surface area contributed by atoms with Crippen LogP contribution < -0.4 is 16.6 Å². The number of amidine groups is 1. The molecule has 38 heavy (non-hydrogen) atoms. The quantitative estimate of drug-likeness (QED) is 0.341. The number of aromatic amines is 1. The molecule has 1 atom stereocenters. The number of fused-ring (bicyclic) bond motifs is 1. The fraction of sp³-hybridized carbons (Fsp3) is 0.440. The number of nitrogens with zero attached hydrogens (tertiary/aromatic N) is 3. The average molecular weight is 533 g/mol. The molecule has 13 heteroatoms. The van der Waals surface area contributed by atoms with Crippen LogP contribution in [0.25, 0.3) is 0 Å². The van der Waals surface area contributed by atoms with Gasteiger partial charge < -0.3 is 30.8 Å². The molecule has 10 nitrogen and oxygen atoms in total. The van der Waals surface area contributed by atoms with E-state index < -0.39 is 35.4 Å². The lowest BCUT2D eigenvalue weighted by Gasteiger charge is -2.41. The first kappa shape index (κ1) is 27.0. The number of methoxy groups -OCH3 is 1. The number of hydrogen-bond acceptors (Lipinski definition) is 7. The molecule has 1 unspecified atom stereocenters. The van der Waals surface area contributed by atoms with Gasteiger partial charge in [-0.25, -0.2) is 9.79 Å². The van der Waals surface area contributed by atoms with Crippen molar-refractivity contribution in [3.63, 3.8) is 0 Å². The van der Waals surface area contributed by atoms with E-state index in [2.05, 4.69) is 21.4 Å². The summed E-state index contributed by atoms with van der Waals surface area (Å²) in [6.45, 7) is 0.672. The van der Waals surface area contributed by atoms with E-state index in [1.165, 1.54) is 36.4 Å². The first-order valence-electron chi connectivity index (χ1n) is 11.9. The number of aliphatic imine (C=N–C) groups is 1. The normalized spacial score (nSPS) is 20.9. The summed E-state index contributed by atoms with van der Waals surface area (Å²) in [4.78, 5) is 33.0. The highest BCUT2D eigenvalue weighted by Crippen LogP contribution is 2.48. The Labute approximate surface area is 215 Å². The number of ether oxygens (including phenoxy) is 1. The smallest absolute Gasteiger partial charge is 0.421 e. The first-order chi connectivity index (χ1) is 17.9. The number of rotatable bonds is 5. The molecule has 202 valence electrons. The predicted octanol–water partition coefficient (Wildman–Crippen LogP) is 3.03. The number of likely N-dealkylation sites (tertiary alicyclic amines) is 1. The largest absolute Gasteiger partial charge is 0.453 e. The van der Waals surface area contributed by atoms with Gasteiger partial charge >= 0.3 is 12.3 Å². The molecule has 2 heterocycles. The summed E-state index contributed by atoms with van der Waals surface area (Å²) >= 11 is 0. The van der Waals surface area contributed by atoms with Crippen LogP contribution >= 0.6 is 0 Å². The Morgan fingerprint density at radius 1 is 1.32 bits per heavy atom. The molecule has 1 aromatic carbocycles. The summed E-state index contributed by atoms with van der Waals surface area (Å²) < 4.78 is 45.0. The number of benzene rings is 1. The van der Waals surface area contributed by atoms with Gasteiger partial charge in [0, 0.05) is 19.3 Å². The third kappa shape index (κ3) is 4.91. The molecule has 0 radical (unpaired) electrons. The minimum atomic E-state index is -4.81. The second-order valence-corrected chi connectivity index (χ2v) is 9.49. The van der Waals surface area contributed by atoms with Crippen LogP contribution in [0.3, 0.4) is 0 Å². The lowest BCUT2D eigenvalue weighted by Crippen LogP contribution is -2.51. The first-order valence-corrected chi connectivity index (χ1v) is 11.9. The van der Waals surface area contributed by atoms with Crippen molar-refractivity contribution in [2.24, 2.45) is 10.7 Å². The number of H-pyrrole nitrogens is 1. The molecule has 4 rings (SSSR count). The van der Waals surface area contributed by atoms with Gasteiger partial charge in [0.1, 0.15) is 11.4 Å². The number of aliphatic hydroxyl groups is 1. The SMILES string of the molecule is COC(=O)N1CCC(CC#N)(Nc2cc[nH]c(=O)c2C(N)=Nc2ccc3c(c2)CCC3(O)C(F)(F)F)CC1. The van der Waals surface area contributed by atoms with Gasteiger partial charge in [-0.05, 0) is 55.0 Å². The Bertz CT molecular complexity index is 1360. The molecule has 2 aliphatic rings. The third-order valence-electron chi connectivity index (χ3n) is 7.20. The molecule has 1 saturated heterocycles. The van der Waals surface area contributed by atoms with Crippen LogP contribution in [0.2, 0.25) is 0 Å². The fourth-order valence-electron chi connectivity index (χ4n) is 5.07. The number of carbonyl (C=O) groups is 1. The number of nitriles is 1. The number of alkyl halides is 3. The van der Waals surface area contributed by atoms with Crippen LogP contribution in [0, 0.1) is 11.3 Å². The highest BCUT2D eigenvalue weighted by Gasteiger charge is 2.57. The van der Waals surface area contributed by atoms with Gasteiger partial charge in [0.25, 0.3) is 5.56 Å². The molecule has 1 aromatic heterocycles. The fourth-order valence-corrected chi connectivity index (χ4v) is 5.07. The van der Waals surface area contributed by atoms with Gasteiger partial charge in [0.15, 0.2) is 5.60 Å². The molecule has 5 N–H and O–H groups in total. The summed E-state index contributed by atoms with van der Waals surface area (Å²) in [5, 5.41) is 23.0. The molecule has 1 aliphatic heterocycles. The number of aryl methyl sites for hydroxylation is 1. The lowest BCUT2D eigenvalue weighted by molar-refractivity contribution is -0.265. The van der Waals surface area contributed by atoms with Crippen molar-refractivity contribution in [3.05, 3.63) is 57.5 Å². The Hall–Kier alpha value is -4.05. The number of aromatic nitrogens is 1. The Balaban J connectivity index is 1.64. The topological polar surface area (TPSA) is 157 Å². The summed E-state index contributed by atoms with van der Waals surface area (Å²) in [6, 6.07) is 7.63. The van der Waals surface area contributed by atoms with E-state index in [-0.39, 0.29) is 35.5 Å². The number of halogens is 3. The zero-order valence-electron chi connectivity index (χ0n) is 20.6. The van der Waals surface area contributed by atoms with Gasteiger partial charge in [-0.2, -0.15) is 18.4 Å². The molecule has 2 aromatic rings. The van der Waals surface area contributed by atoms with Crippen LogP contribution in [0.15, 0.2) is 40.2 Å². The monoisotopic (exact) mass is 532 g/mol. The van der Waals surface area contributed by atoms with E-state index in [0.29, 0.717) is 37.2 Å². The highest BCUT2D eigenvalue weighted by molar-refractivity contribution is 6.03. The van der Waals surface area contributed by atoms with E-state index in [1.54, 1.807) is 6.07 Å². The number of anilines is 1. The van der Waals surface area contributed by atoms with Crippen molar-refractivity contribution in [3.8, 4) is 6.07 Å². The van der Waals surface area contributed by atoms with Crippen LogP contribution in [-0.2, 0) is 16.8 Å². The Morgan fingerprint density at radius 3 is 2.66 bits per heavy atom. The van der Waals surface area contributed by atoms with Crippen molar-refractivity contribution in [1.29, 1.82) is 5.26 Å². The minimum absolute atomic E-state index is 0.00655. The number of hydrogen-bond donors (Lipinski definition) is 4. The van der Waals surface area contributed by atoms with Gasteiger partial charge in [-0.3, -0.25) is 4.79 Å². The van der Waals surface area contributed by atoms with Crippen molar-refractivity contribution in [1.82, 2.24) is 9.88 Å². The van der Waals surface area contributed by atoms with E-state index >= 15 is 0 Å². The van der Waals surface area contributed by atoms with Crippen molar-refractivity contribution >= 4 is 23.3 Å². The number of piperidine rings is 1. The maximum absolute atomic E-state index is 13.4. The van der Waals surface area contributed by atoms with Crippen LogP contribution in [0.1, 0.15) is 42.4 Å². The highest BCUT2D eigenvalue weighted by atomic mass is 19.4. The summed E-state index contributed by atoms with van der Waals surface area (Å²) in [5.74, 6) is -0.183. The third-order valence-corrected chi connectivity index (χ3v) is 7.20. The predicted molar refractivity (Wildman–Crippen MR) is 132 cm³/mol. The molecule has 1 amide bonds. The Kier molecular flexibility index (Phi) is 7.12. The summed E-state index contributed by atoms with van der Waals surface area (Å²) in [5.41, 5.74) is 2.63. The van der Waals surface area contributed by atoms with E-state index in [9.17, 15) is 33.1 Å². The Morgan fingerprint density at radius 2 is 2.03 bits per heavy atom. The second-order valence-electron chi connectivity index (χ2n) is 9.49. The maximum atomic E-state index is 13.4. The minimum Gasteiger partial charge on any atom is -0.453 e. The van der Waals surface area contributed by atoms with Crippen LogP contribution in [-0.4, -0.2) is 58.8 Å². The summed E-state index contributed by atoms with van der Waals surface area (Å²) in [6.07, 6.45) is -3.44. The molecule has 1 fully saturated rings. The van der Waals surface area contributed by atoms with Crippen LogP contribution in [0.4, 0.5) is 29.3 Å². The number of carbonyl (C=O) groups excluding carboxylic acids is 1. The number of amides is 1. The van der Waals surface area contributed by atoms with E-state index in [1.807, 2.05) is 0 Å². The van der Waals surface area contributed by atoms with Crippen molar-refractivity contribution in [2.45, 2.75) is 49.4 Å². The van der Waals surface area contributed by atoms with Gasteiger partial charge in [0.2, 0.25) is 0 Å². The van der Waals surface area contributed by atoms with Gasteiger partial charge in [-0.15, -0.1) is 0 Å². The number of nitrogens with two attached hydrogens (primary N) is 1. The number of nitrogens with one attached hydrogen (secondary N) is 2. The summed E-state index contributed by atoms with van der Waals surface area (Å²) in [7, 11) is 1.29. The molecule has 0 saturated carbocycles. The van der Waals surface area contributed by atoms with Gasteiger partial charge in [0.05, 0.1) is 36.5 Å². The standard InChI is InChI=1S/C25H27F3N6O4/c1-38-22(36)34-12-8-23(7-10-29,9-13-34)33-18-5-11-31-21(35)19(18)20(30)32-16-2-3-17-15(14-16)4-6-24(17,37)25(26,27)28/h2-3,5,11,14,37H,4,6-9,12-13H2,1H3,(H2,30,32)(H2,31,33,35). The average Bonchev–Trinajstić information content (AvgIpc) is 3.21. The van der Waals surface area contributed by atoms with E-state index in [0.717, 1.165) is 0 Å².